The number of nitrogens with zero attached hydrogens (tertiary/aromatic N) is 6. The first-order valence-electron chi connectivity index (χ1n) is 16.5. The summed E-state index contributed by atoms with van der Waals surface area (Å²) in [4.78, 5) is 47.1. The Morgan fingerprint density at radius 1 is 0.920 bits per heavy atom. The number of hydrogen-bond donors (Lipinski definition) is 4. The molecule has 0 fully saturated rings. The molecule has 3 amide bonds. The molecule has 5 rings (SSSR count). The van der Waals surface area contributed by atoms with Crippen molar-refractivity contribution in [2.75, 3.05) is 31.4 Å². The van der Waals surface area contributed by atoms with E-state index in [0.29, 0.717) is 90.3 Å². The topological polar surface area (TPSA) is 213 Å². The molecule has 0 bridgehead atoms. The van der Waals surface area contributed by atoms with Crippen molar-refractivity contribution < 1.29 is 23.9 Å². The molecular weight excluding hydrogens is 640 g/mol. The van der Waals surface area contributed by atoms with Crippen molar-refractivity contribution in [2.45, 2.75) is 60.2 Å². The highest BCUT2D eigenvalue weighted by Crippen LogP contribution is 2.32. The van der Waals surface area contributed by atoms with Crippen LogP contribution in [0.15, 0.2) is 42.5 Å². The molecule has 7 N–H and O–H groups in total. The monoisotopic (exact) mass is 684 g/mol. The summed E-state index contributed by atoms with van der Waals surface area (Å²) in [6, 6.07) is 8.32. The smallest absolute Gasteiger partial charge is 0.276 e. The molecule has 0 aliphatic heterocycles. The van der Waals surface area contributed by atoms with E-state index < -0.39 is 17.7 Å². The van der Waals surface area contributed by atoms with Crippen molar-refractivity contribution in [1.82, 2.24) is 28.9 Å². The number of allylic oxidation sites excluding steroid dienone is 2. The molecule has 0 unspecified atom stereocenters. The third-order valence-electron chi connectivity index (χ3n) is 8.11. The summed E-state index contributed by atoms with van der Waals surface area (Å²) in [7, 11) is 1.61. The molecule has 15 heteroatoms. The van der Waals surface area contributed by atoms with Gasteiger partial charge in [0.15, 0.2) is 0 Å². The largest absolute Gasteiger partial charge is 0.491 e. The molecule has 0 radical (unpaired) electrons. The van der Waals surface area contributed by atoms with E-state index in [4.69, 9.17) is 31.7 Å². The number of methoxy groups -OCH3 is 1. The van der Waals surface area contributed by atoms with Crippen LogP contribution in [0.3, 0.4) is 0 Å². The van der Waals surface area contributed by atoms with Crippen LogP contribution in [0.2, 0.25) is 0 Å². The molecular formula is C35H44N10O5. The van der Waals surface area contributed by atoms with Crippen LogP contribution in [0.1, 0.15) is 69.7 Å². The van der Waals surface area contributed by atoms with Gasteiger partial charge in [-0.15, -0.1) is 0 Å². The molecule has 0 aliphatic rings. The lowest BCUT2D eigenvalue weighted by molar-refractivity contribution is 0.0991. The van der Waals surface area contributed by atoms with E-state index in [9.17, 15) is 14.4 Å². The molecule has 3 aromatic heterocycles. The number of imidazole rings is 2. The number of amides is 3. The maximum Gasteiger partial charge on any atom is 0.276 e. The van der Waals surface area contributed by atoms with E-state index in [-0.39, 0.29) is 18.1 Å². The number of rotatable bonds is 16. The normalized spacial score (nSPS) is 11.7. The van der Waals surface area contributed by atoms with Gasteiger partial charge < -0.3 is 35.8 Å². The lowest BCUT2D eigenvalue weighted by Gasteiger charge is -2.13. The lowest BCUT2D eigenvalue weighted by atomic mass is 9.99. The van der Waals surface area contributed by atoms with Crippen LogP contribution in [0.25, 0.3) is 22.1 Å². The molecule has 0 saturated heterocycles. The van der Waals surface area contributed by atoms with Gasteiger partial charge in [-0.3, -0.25) is 24.4 Å². The van der Waals surface area contributed by atoms with E-state index >= 15 is 0 Å². The van der Waals surface area contributed by atoms with Crippen LogP contribution in [0.5, 0.6) is 5.75 Å². The second-order valence-corrected chi connectivity index (χ2v) is 12.4. The van der Waals surface area contributed by atoms with Crippen LogP contribution in [0, 0.1) is 12.8 Å². The Kier molecular flexibility index (Phi) is 10.9. The number of nitrogens with two attached hydrogens (primary N) is 3. The Hall–Kier alpha value is -5.70. The summed E-state index contributed by atoms with van der Waals surface area (Å²) < 4.78 is 16.6. The van der Waals surface area contributed by atoms with E-state index in [1.54, 1.807) is 46.7 Å². The highest BCUT2D eigenvalue weighted by molar-refractivity contribution is 6.04. The molecule has 3 heterocycles. The number of aryl methyl sites for hydroxylation is 2. The van der Waals surface area contributed by atoms with Gasteiger partial charge in [0.1, 0.15) is 17.0 Å². The minimum atomic E-state index is -0.638. The number of anilines is 2. The van der Waals surface area contributed by atoms with E-state index in [1.165, 1.54) is 0 Å². The SMILES string of the molecule is CCn1nc(C)cc1C(=O)Nc1nc2cc(C(N)=O)cc(OCCCOC)c2n1C/C=C/Cn1c(N)nc2cc(C(N)=O)cc(CC(C)C)c21. The number of nitrogen functional groups attached to an aromatic ring is 1. The Bertz CT molecular complexity index is 2090. The number of aromatic nitrogens is 6. The average Bonchev–Trinajstić information content (AvgIpc) is 3.72. The van der Waals surface area contributed by atoms with Gasteiger partial charge in [0.25, 0.3) is 5.91 Å². The Morgan fingerprint density at radius 3 is 2.22 bits per heavy atom. The first-order valence-corrected chi connectivity index (χ1v) is 16.5. The van der Waals surface area contributed by atoms with Crippen molar-refractivity contribution in [3.8, 4) is 5.75 Å². The Balaban J connectivity index is 1.54. The van der Waals surface area contributed by atoms with Crippen molar-refractivity contribution in [3.05, 3.63) is 70.6 Å². The van der Waals surface area contributed by atoms with Crippen molar-refractivity contribution in [2.24, 2.45) is 17.4 Å². The van der Waals surface area contributed by atoms with Gasteiger partial charge >= 0.3 is 0 Å². The number of benzene rings is 2. The van der Waals surface area contributed by atoms with Gasteiger partial charge in [-0.05, 0) is 62.1 Å². The van der Waals surface area contributed by atoms with Gasteiger partial charge in [-0.1, -0.05) is 26.0 Å². The van der Waals surface area contributed by atoms with E-state index in [0.717, 1.165) is 11.1 Å². The van der Waals surface area contributed by atoms with Crippen molar-refractivity contribution >= 4 is 51.7 Å². The molecule has 50 heavy (non-hydrogen) atoms. The molecule has 264 valence electrons. The maximum atomic E-state index is 13.5. The second kappa shape index (κ2) is 15.2. The number of primary amides is 2. The number of carbonyl (C=O) groups is 3. The Morgan fingerprint density at radius 2 is 1.58 bits per heavy atom. The van der Waals surface area contributed by atoms with Crippen LogP contribution >= 0.6 is 0 Å². The van der Waals surface area contributed by atoms with Crippen LogP contribution < -0.4 is 27.3 Å². The fourth-order valence-corrected chi connectivity index (χ4v) is 5.93. The molecule has 2 aromatic carbocycles. The third kappa shape index (κ3) is 7.62. The van der Waals surface area contributed by atoms with Gasteiger partial charge in [-0.25, -0.2) is 9.97 Å². The minimum absolute atomic E-state index is 0.219. The molecule has 0 aliphatic carbocycles. The average molecular weight is 685 g/mol. The van der Waals surface area contributed by atoms with Gasteiger partial charge in [0.05, 0.1) is 28.9 Å². The van der Waals surface area contributed by atoms with Crippen molar-refractivity contribution in [3.63, 3.8) is 0 Å². The summed E-state index contributed by atoms with van der Waals surface area (Å²) in [6.07, 6.45) is 5.16. The maximum absolute atomic E-state index is 13.5. The lowest BCUT2D eigenvalue weighted by Crippen LogP contribution is -2.20. The van der Waals surface area contributed by atoms with Gasteiger partial charge in [-0.2, -0.15) is 5.10 Å². The summed E-state index contributed by atoms with van der Waals surface area (Å²) >= 11 is 0. The zero-order valence-corrected chi connectivity index (χ0v) is 29.0. The fraction of sp³-hybridized carbons (Fsp3) is 0.371. The summed E-state index contributed by atoms with van der Waals surface area (Å²) in [5, 5.41) is 7.33. The van der Waals surface area contributed by atoms with Crippen LogP contribution in [0.4, 0.5) is 11.9 Å². The summed E-state index contributed by atoms with van der Waals surface area (Å²) in [6.45, 7) is 9.86. The molecule has 0 atom stereocenters. The number of hydrogen-bond acceptors (Lipinski definition) is 9. The zero-order chi connectivity index (χ0) is 36.1. The number of fused-ring (bicyclic) bond motifs is 2. The number of nitrogens with one attached hydrogen (secondary N) is 1. The summed E-state index contributed by atoms with van der Waals surface area (Å²) in [5.41, 5.74) is 22.7. The van der Waals surface area contributed by atoms with E-state index in [2.05, 4.69) is 29.2 Å². The number of ether oxygens (including phenoxy) is 2. The molecule has 15 nitrogen and oxygen atoms in total. The molecule has 5 aromatic rings. The predicted octanol–water partition coefficient (Wildman–Crippen LogP) is 3.81. The first-order chi connectivity index (χ1) is 23.9. The second-order valence-electron chi connectivity index (χ2n) is 12.4. The zero-order valence-electron chi connectivity index (χ0n) is 29.0. The quantitative estimate of drug-likeness (QED) is 0.0877. The Labute approximate surface area is 289 Å². The highest BCUT2D eigenvalue weighted by Gasteiger charge is 2.22. The minimum Gasteiger partial charge on any atom is -0.491 e. The molecule has 0 saturated carbocycles. The molecule has 0 spiro atoms. The van der Waals surface area contributed by atoms with Crippen LogP contribution in [-0.2, 0) is 30.8 Å². The first kappa shape index (κ1) is 35.6. The predicted molar refractivity (Wildman–Crippen MR) is 191 cm³/mol. The van der Waals surface area contributed by atoms with Crippen LogP contribution in [-0.4, -0.2) is 66.9 Å². The third-order valence-corrected chi connectivity index (χ3v) is 8.11. The van der Waals surface area contributed by atoms with Gasteiger partial charge in [0.2, 0.25) is 23.7 Å². The van der Waals surface area contributed by atoms with Crippen molar-refractivity contribution in [1.29, 1.82) is 0 Å². The summed E-state index contributed by atoms with van der Waals surface area (Å²) in [5.74, 6) is -0.324. The highest BCUT2D eigenvalue weighted by atomic mass is 16.5. The standard InChI is InChI=1S/C35H44N10O5/c1-6-45-27(15-21(4)42-45)33(48)41-35-40-26-18-24(32(37)47)19-28(50-13-9-12-49-5)30(26)44(35)11-8-7-10-43-29-22(14-20(2)3)16-23(31(36)46)17-25(29)39-34(43)38/h7-8,15-20H,6,9-14H2,1-5H3,(H2,36,46)(H2,37,47)(H2,38,39)(H,40,41,48)/b8-7+. The number of carbonyl (C=O) groups excluding carboxylic acids is 3. The van der Waals surface area contributed by atoms with Gasteiger partial charge in [0, 0.05) is 50.9 Å². The fourth-order valence-electron chi connectivity index (χ4n) is 5.93. The van der Waals surface area contributed by atoms with E-state index in [1.807, 2.05) is 30.6 Å².